The number of hydrogen-bond donors (Lipinski definition) is 1. The molecule has 4 nitrogen and oxygen atoms in total. The molecule has 0 aromatic heterocycles. The first-order valence-corrected chi connectivity index (χ1v) is 7.87. The lowest BCUT2D eigenvalue weighted by molar-refractivity contribution is -0.123. The van der Waals surface area contributed by atoms with Gasteiger partial charge in [-0.15, -0.1) is 0 Å². The second kappa shape index (κ2) is 9.64. The quantitative estimate of drug-likeness (QED) is 0.722. The fraction of sp³-hybridized carbons (Fsp3) is 0.316. The molecule has 122 valence electrons. The van der Waals surface area contributed by atoms with E-state index in [4.69, 9.17) is 9.47 Å². The number of nitrogens with one attached hydrogen (secondary N) is 1. The molecule has 0 aliphatic carbocycles. The molecule has 1 atom stereocenters. The van der Waals surface area contributed by atoms with Crippen LogP contribution in [0.3, 0.4) is 0 Å². The standard InChI is InChI=1S/C19H23NO3/c1-16(17-9-4-2-5-10-17)22-14-8-13-20-19(21)15-23-18-11-6-3-7-12-18/h2-7,9-12,16H,8,13-15H2,1H3,(H,20,21). The van der Waals surface area contributed by atoms with Gasteiger partial charge in [0.2, 0.25) is 0 Å². The topological polar surface area (TPSA) is 47.6 Å². The van der Waals surface area contributed by atoms with Crippen molar-refractivity contribution in [1.82, 2.24) is 5.32 Å². The smallest absolute Gasteiger partial charge is 0.257 e. The van der Waals surface area contributed by atoms with E-state index in [9.17, 15) is 4.79 Å². The van der Waals surface area contributed by atoms with E-state index in [1.807, 2.05) is 67.6 Å². The summed E-state index contributed by atoms with van der Waals surface area (Å²) < 4.78 is 11.1. The Balaban J connectivity index is 1.54. The summed E-state index contributed by atoms with van der Waals surface area (Å²) in [6, 6.07) is 19.4. The van der Waals surface area contributed by atoms with Crippen LogP contribution in [0.2, 0.25) is 0 Å². The van der Waals surface area contributed by atoms with Gasteiger partial charge in [-0.05, 0) is 31.0 Å². The van der Waals surface area contributed by atoms with Crippen LogP contribution in [0.4, 0.5) is 0 Å². The van der Waals surface area contributed by atoms with Crippen molar-refractivity contribution in [2.24, 2.45) is 0 Å². The van der Waals surface area contributed by atoms with Crippen LogP contribution >= 0.6 is 0 Å². The minimum absolute atomic E-state index is 0.0330. The molecule has 1 amide bonds. The van der Waals surface area contributed by atoms with E-state index in [2.05, 4.69) is 5.32 Å². The van der Waals surface area contributed by atoms with Gasteiger partial charge in [0, 0.05) is 13.2 Å². The lowest BCUT2D eigenvalue weighted by Crippen LogP contribution is -2.30. The Kier molecular flexibility index (Phi) is 7.14. The SMILES string of the molecule is CC(OCCCNC(=O)COc1ccccc1)c1ccccc1. The number of amides is 1. The number of carbonyl (C=O) groups excluding carboxylic acids is 1. The molecule has 0 fully saturated rings. The van der Waals surface area contributed by atoms with E-state index in [1.54, 1.807) is 0 Å². The molecule has 2 rings (SSSR count). The minimum Gasteiger partial charge on any atom is -0.484 e. The van der Waals surface area contributed by atoms with Gasteiger partial charge in [-0.25, -0.2) is 0 Å². The van der Waals surface area contributed by atoms with E-state index in [0.29, 0.717) is 18.9 Å². The van der Waals surface area contributed by atoms with E-state index in [-0.39, 0.29) is 18.6 Å². The Bertz CT molecular complexity index is 572. The van der Waals surface area contributed by atoms with Crippen LogP contribution in [0.1, 0.15) is 25.0 Å². The lowest BCUT2D eigenvalue weighted by Gasteiger charge is -2.13. The largest absolute Gasteiger partial charge is 0.484 e. The number of carbonyl (C=O) groups is 1. The van der Waals surface area contributed by atoms with E-state index >= 15 is 0 Å². The lowest BCUT2D eigenvalue weighted by atomic mass is 10.1. The molecule has 0 radical (unpaired) electrons. The maximum atomic E-state index is 11.7. The second-order valence-electron chi connectivity index (χ2n) is 5.23. The minimum atomic E-state index is -0.120. The van der Waals surface area contributed by atoms with Crippen molar-refractivity contribution >= 4 is 5.91 Å². The number of hydrogen-bond acceptors (Lipinski definition) is 3. The predicted molar refractivity (Wildman–Crippen MR) is 90.4 cm³/mol. The maximum absolute atomic E-state index is 11.7. The summed E-state index contributed by atoms with van der Waals surface area (Å²) >= 11 is 0. The summed E-state index contributed by atoms with van der Waals surface area (Å²) in [5.41, 5.74) is 1.16. The molecule has 0 saturated heterocycles. The zero-order valence-electron chi connectivity index (χ0n) is 13.4. The average molecular weight is 313 g/mol. The van der Waals surface area contributed by atoms with Gasteiger partial charge in [0.15, 0.2) is 6.61 Å². The third-order valence-electron chi connectivity index (χ3n) is 3.39. The van der Waals surface area contributed by atoms with Crippen LogP contribution in [-0.2, 0) is 9.53 Å². The second-order valence-corrected chi connectivity index (χ2v) is 5.23. The molecule has 4 heteroatoms. The van der Waals surface area contributed by atoms with Crippen molar-refractivity contribution in [3.8, 4) is 5.75 Å². The molecule has 0 spiro atoms. The molecule has 0 bridgehead atoms. The maximum Gasteiger partial charge on any atom is 0.257 e. The molecule has 2 aromatic carbocycles. The Morgan fingerprint density at radius 3 is 2.39 bits per heavy atom. The Hall–Kier alpha value is -2.33. The highest BCUT2D eigenvalue weighted by molar-refractivity contribution is 5.77. The Labute approximate surface area is 137 Å². The van der Waals surface area contributed by atoms with Crippen molar-refractivity contribution in [1.29, 1.82) is 0 Å². The molecule has 0 aliphatic rings. The fourth-order valence-electron chi connectivity index (χ4n) is 2.10. The van der Waals surface area contributed by atoms with E-state index in [1.165, 1.54) is 0 Å². The highest BCUT2D eigenvalue weighted by atomic mass is 16.5. The van der Waals surface area contributed by atoms with Crippen molar-refractivity contribution in [3.63, 3.8) is 0 Å². The van der Waals surface area contributed by atoms with Crippen molar-refractivity contribution in [3.05, 3.63) is 66.2 Å². The summed E-state index contributed by atoms with van der Waals surface area (Å²) in [6.45, 7) is 3.25. The van der Waals surface area contributed by atoms with Gasteiger partial charge < -0.3 is 14.8 Å². The molecule has 1 N–H and O–H groups in total. The molecule has 23 heavy (non-hydrogen) atoms. The van der Waals surface area contributed by atoms with Gasteiger partial charge in [-0.1, -0.05) is 48.5 Å². The summed E-state index contributed by atoms with van der Waals surface area (Å²) in [4.78, 5) is 11.7. The van der Waals surface area contributed by atoms with E-state index in [0.717, 1.165) is 12.0 Å². The first-order valence-electron chi connectivity index (χ1n) is 7.87. The monoisotopic (exact) mass is 313 g/mol. The van der Waals surface area contributed by atoms with Crippen LogP contribution in [0.25, 0.3) is 0 Å². The van der Waals surface area contributed by atoms with Crippen LogP contribution in [0.5, 0.6) is 5.75 Å². The molecule has 0 saturated carbocycles. The number of rotatable bonds is 9. The Morgan fingerprint density at radius 2 is 1.70 bits per heavy atom. The van der Waals surface area contributed by atoms with Gasteiger partial charge in [0.05, 0.1) is 6.10 Å². The van der Waals surface area contributed by atoms with E-state index < -0.39 is 0 Å². The van der Waals surface area contributed by atoms with Gasteiger partial charge in [-0.2, -0.15) is 0 Å². The zero-order chi connectivity index (χ0) is 16.3. The van der Waals surface area contributed by atoms with Crippen molar-refractivity contribution in [2.45, 2.75) is 19.4 Å². The first-order chi connectivity index (χ1) is 11.3. The Morgan fingerprint density at radius 1 is 1.04 bits per heavy atom. The summed E-state index contributed by atoms with van der Waals surface area (Å²) in [7, 11) is 0. The van der Waals surface area contributed by atoms with Crippen LogP contribution < -0.4 is 10.1 Å². The number of benzene rings is 2. The number of para-hydroxylation sites is 1. The zero-order valence-corrected chi connectivity index (χ0v) is 13.4. The summed E-state index contributed by atoms with van der Waals surface area (Å²) in [6.07, 6.45) is 0.835. The molecule has 0 aliphatic heterocycles. The summed E-state index contributed by atoms with van der Waals surface area (Å²) in [5, 5.41) is 2.82. The van der Waals surface area contributed by atoms with Gasteiger partial charge in [0.25, 0.3) is 5.91 Å². The van der Waals surface area contributed by atoms with Gasteiger partial charge in [0.1, 0.15) is 5.75 Å². The van der Waals surface area contributed by atoms with Crippen molar-refractivity contribution < 1.29 is 14.3 Å². The molecular formula is C19H23NO3. The first kappa shape index (κ1) is 17.0. The third kappa shape index (κ3) is 6.53. The van der Waals surface area contributed by atoms with Crippen LogP contribution in [0, 0.1) is 0 Å². The fourth-order valence-corrected chi connectivity index (χ4v) is 2.10. The van der Waals surface area contributed by atoms with Crippen LogP contribution in [-0.4, -0.2) is 25.7 Å². The number of ether oxygens (including phenoxy) is 2. The van der Waals surface area contributed by atoms with Gasteiger partial charge in [-0.3, -0.25) is 4.79 Å². The normalized spacial score (nSPS) is 11.7. The van der Waals surface area contributed by atoms with Crippen LogP contribution in [0.15, 0.2) is 60.7 Å². The molecule has 2 aromatic rings. The third-order valence-corrected chi connectivity index (χ3v) is 3.39. The molecule has 1 unspecified atom stereocenters. The average Bonchev–Trinajstić information content (AvgIpc) is 2.61. The summed E-state index contributed by atoms with van der Waals surface area (Å²) in [5.74, 6) is 0.577. The van der Waals surface area contributed by atoms with Crippen molar-refractivity contribution in [2.75, 3.05) is 19.8 Å². The molecular weight excluding hydrogens is 290 g/mol. The predicted octanol–water partition coefficient (Wildman–Crippen LogP) is 3.35. The highest BCUT2D eigenvalue weighted by Crippen LogP contribution is 2.15. The highest BCUT2D eigenvalue weighted by Gasteiger charge is 2.05. The molecule has 0 heterocycles. The van der Waals surface area contributed by atoms with Gasteiger partial charge >= 0.3 is 0 Å².